The summed E-state index contributed by atoms with van der Waals surface area (Å²) in [5.74, 6) is 0.686. The van der Waals surface area contributed by atoms with Gasteiger partial charge in [0, 0.05) is 11.5 Å². The Morgan fingerprint density at radius 3 is 2.78 bits per heavy atom. The molecule has 2 rings (SSSR count). The second-order valence-corrected chi connectivity index (χ2v) is 4.81. The summed E-state index contributed by atoms with van der Waals surface area (Å²) < 4.78 is 2.52. The van der Waals surface area contributed by atoms with Gasteiger partial charge in [0.25, 0.3) is 0 Å². The summed E-state index contributed by atoms with van der Waals surface area (Å²) in [7, 11) is 1.80. The third-order valence-corrected chi connectivity index (χ3v) is 3.12. The van der Waals surface area contributed by atoms with Crippen molar-refractivity contribution in [2.24, 2.45) is 7.05 Å². The van der Waals surface area contributed by atoms with Crippen LogP contribution in [-0.4, -0.2) is 9.78 Å². The molecule has 0 fully saturated rings. The van der Waals surface area contributed by atoms with Crippen LogP contribution >= 0.6 is 15.9 Å². The molecule has 0 unspecified atom stereocenters. The van der Waals surface area contributed by atoms with Gasteiger partial charge in [-0.1, -0.05) is 15.9 Å². The average Bonchev–Trinajstić information content (AvgIpc) is 2.58. The Bertz CT molecular complexity index is 639. The third kappa shape index (κ3) is 2.17. The van der Waals surface area contributed by atoms with E-state index in [0.29, 0.717) is 22.8 Å². The topological polar surface area (TPSA) is 79.7 Å². The lowest BCUT2D eigenvalue weighted by molar-refractivity contribution is 0.765. The van der Waals surface area contributed by atoms with Crippen LogP contribution < -0.4 is 11.1 Å². The maximum Gasteiger partial charge on any atom is 0.152 e. The summed E-state index contributed by atoms with van der Waals surface area (Å²) in [6.07, 6.45) is 0. The zero-order chi connectivity index (χ0) is 13.3. The van der Waals surface area contributed by atoms with Crippen LogP contribution in [0.3, 0.4) is 0 Å². The van der Waals surface area contributed by atoms with Crippen LogP contribution in [0.2, 0.25) is 0 Å². The summed E-state index contributed by atoms with van der Waals surface area (Å²) in [4.78, 5) is 0. The second-order valence-electron chi connectivity index (χ2n) is 3.90. The standard InChI is InChI=1S/C12H12BrN5/c1-7-11(15)12(18(2)17-7)16-10-4-3-9(13)5-8(10)6-14/h3-5,16H,15H2,1-2H3. The molecule has 6 heteroatoms. The molecular formula is C12H12BrN5. The quantitative estimate of drug-likeness (QED) is 0.894. The molecule has 5 nitrogen and oxygen atoms in total. The predicted molar refractivity (Wildman–Crippen MR) is 74.5 cm³/mol. The molecule has 0 saturated heterocycles. The van der Waals surface area contributed by atoms with E-state index in [-0.39, 0.29) is 0 Å². The molecule has 0 aliphatic heterocycles. The van der Waals surface area contributed by atoms with Crippen molar-refractivity contribution in [3.8, 4) is 6.07 Å². The van der Waals surface area contributed by atoms with Gasteiger partial charge in [-0.3, -0.25) is 4.68 Å². The highest BCUT2D eigenvalue weighted by Crippen LogP contribution is 2.28. The minimum atomic E-state index is 0.544. The van der Waals surface area contributed by atoms with Crippen molar-refractivity contribution >= 4 is 33.1 Å². The first kappa shape index (κ1) is 12.5. The Morgan fingerprint density at radius 1 is 1.50 bits per heavy atom. The molecule has 0 aliphatic carbocycles. The number of aromatic nitrogens is 2. The van der Waals surface area contributed by atoms with E-state index in [0.717, 1.165) is 10.2 Å². The number of halogens is 1. The molecule has 92 valence electrons. The van der Waals surface area contributed by atoms with E-state index in [1.165, 1.54) is 0 Å². The molecule has 1 heterocycles. The Kier molecular flexibility index (Phi) is 3.26. The van der Waals surface area contributed by atoms with Crippen molar-refractivity contribution in [2.75, 3.05) is 11.1 Å². The molecular weight excluding hydrogens is 294 g/mol. The Balaban J connectivity index is 2.44. The maximum absolute atomic E-state index is 9.10. The van der Waals surface area contributed by atoms with Crippen LogP contribution in [0.15, 0.2) is 22.7 Å². The number of hydrogen-bond acceptors (Lipinski definition) is 4. The zero-order valence-electron chi connectivity index (χ0n) is 10.0. The van der Waals surface area contributed by atoms with Crippen molar-refractivity contribution < 1.29 is 0 Å². The number of nitrogens with one attached hydrogen (secondary N) is 1. The number of aryl methyl sites for hydroxylation is 2. The first-order chi connectivity index (χ1) is 8.52. The Hall–Kier alpha value is -2.00. The summed E-state index contributed by atoms with van der Waals surface area (Å²) in [6.45, 7) is 1.84. The predicted octanol–water partition coefficient (Wildman–Crippen LogP) is 2.69. The van der Waals surface area contributed by atoms with Crippen molar-refractivity contribution in [3.05, 3.63) is 33.9 Å². The van der Waals surface area contributed by atoms with Gasteiger partial charge in [0.1, 0.15) is 6.07 Å². The van der Waals surface area contributed by atoms with E-state index in [1.54, 1.807) is 17.8 Å². The van der Waals surface area contributed by atoms with E-state index in [4.69, 9.17) is 11.0 Å². The Morgan fingerprint density at radius 2 is 2.22 bits per heavy atom. The van der Waals surface area contributed by atoms with Crippen molar-refractivity contribution in [1.29, 1.82) is 5.26 Å². The fourth-order valence-electron chi connectivity index (χ4n) is 1.67. The molecule has 0 bridgehead atoms. The number of nitrogens with zero attached hydrogens (tertiary/aromatic N) is 3. The number of hydrogen-bond donors (Lipinski definition) is 2. The van der Waals surface area contributed by atoms with E-state index in [1.807, 2.05) is 19.1 Å². The van der Waals surface area contributed by atoms with Gasteiger partial charge in [0.2, 0.25) is 0 Å². The SMILES string of the molecule is Cc1nn(C)c(Nc2ccc(Br)cc2C#N)c1N. The molecule has 0 amide bonds. The van der Waals surface area contributed by atoms with Crippen LogP contribution in [0.25, 0.3) is 0 Å². The van der Waals surface area contributed by atoms with Gasteiger partial charge in [-0.15, -0.1) is 0 Å². The fourth-order valence-corrected chi connectivity index (χ4v) is 2.03. The molecule has 1 aromatic carbocycles. The summed E-state index contributed by atoms with van der Waals surface area (Å²) in [5, 5.41) is 16.5. The zero-order valence-corrected chi connectivity index (χ0v) is 11.6. The van der Waals surface area contributed by atoms with E-state index >= 15 is 0 Å². The highest BCUT2D eigenvalue weighted by atomic mass is 79.9. The molecule has 0 atom stereocenters. The van der Waals surface area contributed by atoms with Crippen LogP contribution in [-0.2, 0) is 7.05 Å². The van der Waals surface area contributed by atoms with Gasteiger partial charge in [0.15, 0.2) is 5.82 Å². The summed E-state index contributed by atoms with van der Waals surface area (Å²) in [6, 6.07) is 7.58. The number of nitrogen functional groups attached to an aromatic ring is 1. The van der Waals surface area contributed by atoms with Crippen molar-refractivity contribution in [2.45, 2.75) is 6.92 Å². The molecule has 1 aromatic heterocycles. The van der Waals surface area contributed by atoms with Gasteiger partial charge in [-0.2, -0.15) is 10.4 Å². The highest BCUT2D eigenvalue weighted by Gasteiger charge is 2.12. The summed E-state index contributed by atoms with van der Waals surface area (Å²) in [5.41, 5.74) is 8.53. The lowest BCUT2D eigenvalue weighted by Gasteiger charge is -2.09. The normalized spacial score (nSPS) is 10.1. The Labute approximate surface area is 113 Å². The van der Waals surface area contributed by atoms with Gasteiger partial charge < -0.3 is 11.1 Å². The van der Waals surface area contributed by atoms with Crippen LogP contribution in [0.4, 0.5) is 17.2 Å². The number of rotatable bonds is 2. The smallest absolute Gasteiger partial charge is 0.152 e. The van der Waals surface area contributed by atoms with Crippen LogP contribution in [0.1, 0.15) is 11.3 Å². The minimum Gasteiger partial charge on any atom is -0.394 e. The lowest BCUT2D eigenvalue weighted by Crippen LogP contribution is -2.02. The maximum atomic E-state index is 9.10. The lowest BCUT2D eigenvalue weighted by atomic mass is 10.2. The second kappa shape index (κ2) is 4.70. The summed E-state index contributed by atoms with van der Waals surface area (Å²) >= 11 is 3.33. The number of nitriles is 1. The van der Waals surface area contributed by atoms with Gasteiger partial charge >= 0.3 is 0 Å². The number of nitrogens with two attached hydrogens (primary N) is 1. The molecule has 18 heavy (non-hydrogen) atoms. The van der Waals surface area contributed by atoms with E-state index in [9.17, 15) is 0 Å². The largest absolute Gasteiger partial charge is 0.394 e. The molecule has 3 N–H and O–H groups in total. The van der Waals surface area contributed by atoms with Crippen LogP contribution in [0, 0.1) is 18.3 Å². The first-order valence-electron chi connectivity index (χ1n) is 5.28. The fraction of sp³-hybridized carbons (Fsp3) is 0.167. The number of benzene rings is 1. The molecule has 0 aliphatic rings. The van der Waals surface area contributed by atoms with Crippen molar-refractivity contribution in [1.82, 2.24) is 9.78 Å². The molecule has 0 spiro atoms. The average molecular weight is 306 g/mol. The third-order valence-electron chi connectivity index (χ3n) is 2.62. The highest BCUT2D eigenvalue weighted by molar-refractivity contribution is 9.10. The van der Waals surface area contributed by atoms with E-state index < -0.39 is 0 Å². The van der Waals surface area contributed by atoms with Crippen LogP contribution in [0.5, 0.6) is 0 Å². The van der Waals surface area contributed by atoms with Gasteiger partial charge in [-0.25, -0.2) is 0 Å². The monoisotopic (exact) mass is 305 g/mol. The molecule has 2 aromatic rings. The number of anilines is 3. The van der Waals surface area contributed by atoms with Crippen molar-refractivity contribution in [3.63, 3.8) is 0 Å². The molecule has 0 saturated carbocycles. The first-order valence-corrected chi connectivity index (χ1v) is 6.08. The van der Waals surface area contributed by atoms with Gasteiger partial charge in [-0.05, 0) is 25.1 Å². The minimum absolute atomic E-state index is 0.544. The molecule has 0 radical (unpaired) electrons. The van der Waals surface area contributed by atoms with E-state index in [2.05, 4.69) is 32.4 Å². The van der Waals surface area contributed by atoms with Gasteiger partial charge in [0.05, 0.1) is 22.6 Å².